The molecule has 0 saturated carbocycles. The minimum absolute atomic E-state index is 0.00810. The fourth-order valence-corrected chi connectivity index (χ4v) is 6.85. The number of hydrogen-bond donors (Lipinski definition) is 12. The van der Waals surface area contributed by atoms with Crippen LogP contribution in [0.15, 0.2) is 78.3 Å². The van der Waals surface area contributed by atoms with Gasteiger partial charge in [-0.15, -0.1) is 0 Å². The summed E-state index contributed by atoms with van der Waals surface area (Å²) in [5, 5.41) is 15.9. The number of halogens is 2. The summed E-state index contributed by atoms with van der Waals surface area (Å²) in [4.78, 5) is 108. The highest BCUT2D eigenvalue weighted by Gasteiger charge is 2.43. The van der Waals surface area contributed by atoms with Gasteiger partial charge in [-0.1, -0.05) is 48.5 Å². The zero-order valence-electron chi connectivity index (χ0n) is 36.8. The van der Waals surface area contributed by atoms with Crippen molar-refractivity contribution in [3.05, 3.63) is 90.1 Å². The lowest BCUT2D eigenvalue weighted by Crippen LogP contribution is -2.61. The molecule has 2 aromatic heterocycles. The number of carbonyl (C=O) groups excluding carboxylic acids is 7. The van der Waals surface area contributed by atoms with Crippen LogP contribution in [0, 0.1) is 0 Å². The van der Waals surface area contributed by atoms with Crippen LogP contribution in [0.2, 0.25) is 0 Å². The van der Waals surface area contributed by atoms with E-state index in [9.17, 15) is 42.3 Å². The number of carbonyl (C=O) groups is 7. The van der Waals surface area contributed by atoms with Crippen LogP contribution in [0.5, 0.6) is 0 Å². The zero-order chi connectivity index (χ0) is 48.9. The molecule has 0 bridgehead atoms. The number of nitrogens with one attached hydrogen (secondary N) is 8. The summed E-state index contributed by atoms with van der Waals surface area (Å²) >= 11 is 0. The SMILES string of the molecule is COC(=O)CNC(=O)[C@H](Cc1c[nH]c2ccccc12)NC(=O)[C@H](CCCN=C(N)N)NC(=O)[C@@H](Cc1ccccc1)NC(=O)[C@H](Cc1cnc[nH]1)NC(=O)CNC(=O)[C@@](N)(CCCN)C(F)F. The minimum Gasteiger partial charge on any atom is -0.468 e. The Labute approximate surface area is 383 Å². The van der Waals surface area contributed by atoms with Gasteiger partial charge < -0.3 is 69.5 Å². The number of benzene rings is 2. The topological polar surface area (TPSA) is 362 Å². The van der Waals surface area contributed by atoms with Gasteiger partial charge in [-0.05, 0) is 49.4 Å². The van der Waals surface area contributed by atoms with Crippen LogP contribution in [0.3, 0.4) is 0 Å². The van der Waals surface area contributed by atoms with Gasteiger partial charge in [0.15, 0.2) is 11.5 Å². The summed E-state index contributed by atoms with van der Waals surface area (Å²) in [6, 6.07) is 10.4. The van der Waals surface area contributed by atoms with Crippen molar-refractivity contribution >= 4 is 58.3 Å². The number of nitrogens with two attached hydrogens (primary N) is 4. The van der Waals surface area contributed by atoms with E-state index in [2.05, 4.69) is 56.6 Å². The molecule has 0 aliphatic rings. The van der Waals surface area contributed by atoms with Gasteiger partial charge in [0.2, 0.25) is 35.4 Å². The summed E-state index contributed by atoms with van der Waals surface area (Å²) in [5.74, 6) is -6.46. The van der Waals surface area contributed by atoms with Gasteiger partial charge in [0.25, 0.3) is 6.43 Å². The van der Waals surface area contributed by atoms with Gasteiger partial charge in [0.1, 0.15) is 30.7 Å². The number of esters is 1. The molecule has 0 fully saturated rings. The second kappa shape index (κ2) is 25.9. The Balaban J connectivity index is 1.60. The van der Waals surface area contributed by atoms with E-state index in [1.165, 1.54) is 12.5 Å². The first kappa shape index (κ1) is 52.2. The van der Waals surface area contributed by atoms with Gasteiger partial charge in [-0.2, -0.15) is 0 Å². The Morgan fingerprint density at radius 1 is 0.776 bits per heavy atom. The summed E-state index contributed by atoms with van der Waals surface area (Å²) in [5.41, 5.74) is 21.9. The molecule has 4 rings (SSSR count). The lowest BCUT2D eigenvalue weighted by atomic mass is 9.94. The third-order valence-corrected chi connectivity index (χ3v) is 10.5. The van der Waals surface area contributed by atoms with Gasteiger partial charge >= 0.3 is 5.97 Å². The highest BCUT2D eigenvalue weighted by Crippen LogP contribution is 2.21. The molecule has 67 heavy (non-hydrogen) atoms. The Morgan fingerprint density at radius 2 is 1.42 bits per heavy atom. The zero-order valence-corrected chi connectivity index (χ0v) is 36.8. The van der Waals surface area contributed by atoms with Gasteiger partial charge in [0.05, 0.1) is 20.0 Å². The van der Waals surface area contributed by atoms with E-state index in [-0.39, 0.29) is 57.6 Å². The molecule has 5 atom stereocenters. The van der Waals surface area contributed by atoms with Crippen molar-refractivity contribution in [1.29, 1.82) is 0 Å². The normalized spacial score (nSPS) is 13.8. The van der Waals surface area contributed by atoms with Gasteiger partial charge in [-0.25, -0.2) is 13.8 Å². The number of guanidine groups is 1. The second-order valence-corrected chi connectivity index (χ2v) is 15.5. The Morgan fingerprint density at radius 3 is 2.06 bits per heavy atom. The molecule has 22 nitrogen and oxygen atoms in total. The highest BCUT2D eigenvalue weighted by atomic mass is 19.3. The molecular formula is C43H58F2N14O8. The summed E-state index contributed by atoms with van der Waals surface area (Å²) < 4.78 is 32.4. The van der Waals surface area contributed by atoms with Crippen LogP contribution < -0.4 is 54.8 Å². The van der Waals surface area contributed by atoms with E-state index < -0.39 is 97.1 Å². The lowest BCUT2D eigenvalue weighted by Gasteiger charge is -2.27. The van der Waals surface area contributed by atoms with Crippen LogP contribution in [-0.4, -0.2) is 132 Å². The first-order chi connectivity index (χ1) is 32.0. The predicted molar refractivity (Wildman–Crippen MR) is 241 cm³/mol. The van der Waals surface area contributed by atoms with Crippen molar-refractivity contribution in [2.24, 2.45) is 27.9 Å². The average Bonchev–Trinajstić information content (AvgIpc) is 3.99. The Kier molecular flexibility index (Phi) is 20.1. The number of fused-ring (bicyclic) bond motifs is 1. The second-order valence-electron chi connectivity index (χ2n) is 15.5. The summed E-state index contributed by atoms with van der Waals surface area (Å²) in [6.07, 6.45) is 0.428. The molecule has 24 heteroatoms. The van der Waals surface area contributed by atoms with Crippen molar-refractivity contribution in [2.75, 3.05) is 33.3 Å². The first-order valence-corrected chi connectivity index (χ1v) is 21.3. The third-order valence-electron chi connectivity index (χ3n) is 10.5. The number of hydrogen-bond acceptors (Lipinski definition) is 12. The molecule has 362 valence electrons. The number of amides is 6. The number of rotatable bonds is 27. The largest absolute Gasteiger partial charge is 0.468 e. The smallest absolute Gasteiger partial charge is 0.325 e. The van der Waals surface area contributed by atoms with Crippen LogP contribution in [0.25, 0.3) is 10.9 Å². The molecular weight excluding hydrogens is 879 g/mol. The van der Waals surface area contributed by atoms with E-state index in [0.717, 1.165) is 18.0 Å². The molecule has 0 unspecified atom stereocenters. The number of aliphatic imine (C=N–C) groups is 1. The standard InChI is InChI=1S/C43H58F2N14O8/c1-67-35(61)23-53-36(62)32(18-26-20-52-29-12-6-5-11-28(26)29)59-37(63)30(13-7-16-51-42(47)48)57-38(64)31(17-25-9-3-2-4-10-25)58-39(65)33(19-27-21-50-24-55-27)56-34(60)22-54-41(66)43(49,40(44)45)14-8-15-46/h2-6,9-12,20-21,24,30-33,40,52H,7-8,13-19,22-23,46,49H2,1H3,(H,50,55)(H,53,62)(H,54,66)(H,56,60)(H,57,64)(H,58,65)(H,59,63)(H4,47,48,51)/t30-,31+,32-,33-,43+/m0/s1. The molecule has 0 aliphatic heterocycles. The molecule has 16 N–H and O–H groups in total. The monoisotopic (exact) mass is 936 g/mol. The maximum atomic E-state index is 14.4. The lowest BCUT2D eigenvalue weighted by molar-refractivity contribution is -0.141. The number of nitrogens with zero attached hydrogens (tertiary/aromatic N) is 2. The number of methoxy groups -OCH3 is 1. The van der Waals surface area contributed by atoms with Crippen molar-refractivity contribution < 1.29 is 47.1 Å². The molecule has 6 amide bonds. The quantitative estimate of drug-likeness (QED) is 0.0134. The molecule has 0 spiro atoms. The van der Waals surface area contributed by atoms with Crippen molar-refractivity contribution in [3.63, 3.8) is 0 Å². The van der Waals surface area contributed by atoms with Gasteiger partial charge in [0, 0.05) is 54.8 Å². The number of aromatic amines is 2. The van der Waals surface area contributed by atoms with Crippen molar-refractivity contribution in [2.45, 2.75) is 81.1 Å². The number of H-pyrrole nitrogens is 2. The van der Waals surface area contributed by atoms with Crippen molar-refractivity contribution in [1.82, 2.24) is 46.9 Å². The fraction of sp³-hybridized carbons (Fsp3) is 0.419. The average molecular weight is 937 g/mol. The maximum Gasteiger partial charge on any atom is 0.325 e. The molecule has 0 aliphatic carbocycles. The Bertz CT molecular complexity index is 2310. The number of para-hydroxylation sites is 1. The highest BCUT2D eigenvalue weighted by molar-refractivity contribution is 5.97. The Hall–Kier alpha value is -7.47. The van der Waals surface area contributed by atoms with E-state index >= 15 is 0 Å². The molecule has 0 saturated heterocycles. The van der Waals surface area contributed by atoms with E-state index in [1.807, 2.05) is 18.2 Å². The van der Waals surface area contributed by atoms with Gasteiger partial charge in [-0.3, -0.25) is 38.6 Å². The maximum absolute atomic E-state index is 14.4. The van der Waals surface area contributed by atoms with Crippen LogP contribution in [0.1, 0.15) is 42.5 Å². The number of imidazole rings is 1. The number of aromatic nitrogens is 3. The molecule has 2 heterocycles. The third kappa shape index (κ3) is 16.2. The molecule has 2 aromatic carbocycles. The summed E-state index contributed by atoms with van der Waals surface area (Å²) in [7, 11) is 1.15. The minimum atomic E-state index is -3.28. The first-order valence-electron chi connectivity index (χ1n) is 21.3. The number of ether oxygens (including phenoxy) is 1. The molecule has 4 aromatic rings. The van der Waals surface area contributed by atoms with Crippen LogP contribution in [-0.2, 0) is 57.6 Å². The molecule has 0 radical (unpaired) electrons. The number of alkyl halides is 2. The van der Waals surface area contributed by atoms with Crippen LogP contribution in [0.4, 0.5) is 8.78 Å². The van der Waals surface area contributed by atoms with Crippen molar-refractivity contribution in [3.8, 4) is 0 Å². The van der Waals surface area contributed by atoms with E-state index in [0.29, 0.717) is 16.8 Å². The summed E-state index contributed by atoms with van der Waals surface area (Å²) in [6.45, 7) is -1.28. The van der Waals surface area contributed by atoms with E-state index in [1.54, 1.807) is 42.6 Å². The fourth-order valence-electron chi connectivity index (χ4n) is 6.85. The van der Waals surface area contributed by atoms with Crippen LogP contribution >= 0.6 is 0 Å². The van der Waals surface area contributed by atoms with E-state index in [4.69, 9.17) is 22.9 Å². The predicted octanol–water partition coefficient (Wildman–Crippen LogP) is -1.98.